The van der Waals surface area contributed by atoms with Crippen molar-refractivity contribution >= 4 is 69.0 Å². The second-order valence-corrected chi connectivity index (χ2v) is 9.28. The van der Waals surface area contributed by atoms with Crippen molar-refractivity contribution in [2.45, 2.75) is 27.3 Å². The largest absolute Gasteiger partial charge is 0.328 e. The number of aryl methyl sites for hydroxylation is 2. The lowest BCUT2D eigenvalue weighted by Gasteiger charge is -2.19. The summed E-state index contributed by atoms with van der Waals surface area (Å²) in [5.74, 6) is -0.402. The first kappa shape index (κ1) is 23.1. The van der Waals surface area contributed by atoms with Crippen molar-refractivity contribution in [3.05, 3.63) is 80.9 Å². The molecular weight excluding hydrogens is 476 g/mol. The van der Waals surface area contributed by atoms with Crippen LogP contribution < -0.4 is 10.2 Å². The third-order valence-electron chi connectivity index (χ3n) is 5.31. The van der Waals surface area contributed by atoms with E-state index in [1.54, 1.807) is 22.4 Å². The number of nitrogens with zero attached hydrogens (tertiary/aromatic N) is 3. The van der Waals surface area contributed by atoms with Crippen LogP contribution in [0.15, 0.2) is 53.5 Å². The van der Waals surface area contributed by atoms with Crippen LogP contribution in [0.3, 0.4) is 0 Å². The van der Waals surface area contributed by atoms with Crippen LogP contribution in [0.4, 0.5) is 10.8 Å². The zero-order valence-corrected chi connectivity index (χ0v) is 20.6. The molecule has 0 spiro atoms. The molecule has 4 rings (SSSR count). The van der Waals surface area contributed by atoms with Gasteiger partial charge in [0.05, 0.1) is 17.9 Å². The van der Waals surface area contributed by atoms with Crippen LogP contribution >= 0.6 is 35.2 Å². The Bertz CT molecular complexity index is 1300. The molecule has 1 N–H and O–H groups in total. The van der Waals surface area contributed by atoms with E-state index in [-0.39, 0.29) is 18.4 Å². The van der Waals surface area contributed by atoms with E-state index in [2.05, 4.69) is 10.3 Å². The van der Waals surface area contributed by atoms with Gasteiger partial charge in [0.25, 0.3) is 5.91 Å². The Kier molecular flexibility index (Phi) is 6.60. The minimum atomic E-state index is -0.257. The Hall–Kier alpha value is -3.07. The highest BCUT2D eigenvalue weighted by Crippen LogP contribution is 2.31. The standard InChI is InChI=1S/C24H21ClN4O2S2/c1-14-8-9-19(10-15(14)2)29(16(3)30)24-26-18(13-33-24)11-21-22(31)28(23(32)27-21)12-17-6-4-5-7-20(17)25/h4-11,13H,12H2,1-3H3,(H,27,32)/b21-11-. The summed E-state index contributed by atoms with van der Waals surface area (Å²) in [6, 6.07) is 13.2. The maximum Gasteiger partial charge on any atom is 0.276 e. The lowest BCUT2D eigenvalue weighted by Crippen LogP contribution is -2.30. The van der Waals surface area contributed by atoms with Gasteiger partial charge in [-0.2, -0.15) is 0 Å². The summed E-state index contributed by atoms with van der Waals surface area (Å²) in [5, 5.41) is 6.17. The number of thiazole rings is 1. The molecule has 0 unspecified atom stereocenters. The van der Waals surface area contributed by atoms with Gasteiger partial charge in [-0.25, -0.2) is 4.98 Å². The topological polar surface area (TPSA) is 65.5 Å². The third kappa shape index (κ3) is 4.83. The van der Waals surface area contributed by atoms with Crippen molar-refractivity contribution in [2.24, 2.45) is 0 Å². The summed E-state index contributed by atoms with van der Waals surface area (Å²) in [5.41, 5.74) is 4.67. The van der Waals surface area contributed by atoms with Gasteiger partial charge in [0, 0.05) is 17.3 Å². The number of amides is 2. The van der Waals surface area contributed by atoms with Crippen molar-refractivity contribution in [3.63, 3.8) is 0 Å². The van der Waals surface area contributed by atoms with Crippen LogP contribution in [0.25, 0.3) is 6.08 Å². The Labute approximate surface area is 206 Å². The first-order chi connectivity index (χ1) is 15.7. The number of rotatable bonds is 5. The van der Waals surface area contributed by atoms with E-state index in [1.165, 1.54) is 23.2 Å². The van der Waals surface area contributed by atoms with Crippen LogP contribution in [-0.2, 0) is 16.1 Å². The molecule has 9 heteroatoms. The summed E-state index contributed by atoms with van der Waals surface area (Å²) in [6.07, 6.45) is 1.64. The van der Waals surface area contributed by atoms with Crippen molar-refractivity contribution in [3.8, 4) is 0 Å². The fraction of sp³-hybridized carbons (Fsp3) is 0.167. The molecule has 6 nitrogen and oxygen atoms in total. The number of thiocarbonyl (C=S) groups is 1. The zero-order valence-electron chi connectivity index (χ0n) is 18.3. The molecule has 3 aromatic rings. The van der Waals surface area contributed by atoms with E-state index >= 15 is 0 Å². The number of carbonyl (C=O) groups is 2. The van der Waals surface area contributed by atoms with Gasteiger partial charge in [-0.3, -0.25) is 19.4 Å². The molecule has 168 valence electrons. The van der Waals surface area contributed by atoms with Crippen molar-refractivity contribution < 1.29 is 9.59 Å². The molecule has 0 saturated carbocycles. The number of hydrogen-bond acceptors (Lipinski definition) is 5. The van der Waals surface area contributed by atoms with E-state index in [0.29, 0.717) is 26.7 Å². The van der Waals surface area contributed by atoms with Crippen molar-refractivity contribution in [1.29, 1.82) is 0 Å². The summed E-state index contributed by atoms with van der Waals surface area (Å²) in [4.78, 5) is 33.0. The Morgan fingerprint density at radius 2 is 2.00 bits per heavy atom. The number of anilines is 2. The van der Waals surface area contributed by atoms with Crippen molar-refractivity contribution in [1.82, 2.24) is 15.2 Å². The Morgan fingerprint density at radius 1 is 1.24 bits per heavy atom. The van der Waals surface area contributed by atoms with Crippen LogP contribution in [0.5, 0.6) is 0 Å². The molecule has 1 fully saturated rings. The average molecular weight is 497 g/mol. The predicted molar refractivity (Wildman–Crippen MR) is 137 cm³/mol. The quantitative estimate of drug-likeness (QED) is 0.380. The van der Waals surface area contributed by atoms with Gasteiger partial charge in [0.15, 0.2) is 10.2 Å². The minimum Gasteiger partial charge on any atom is -0.328 e. The average Bonchev–Trinajstić information content (AvgIpc) is 3.32. The summed E-state index contributed by atoms with van der Waals surface area (Å²) >= 11 is 12.9. The van der Waals surface area contributed by atoms with Gasteiger partial charge < -0.3 is 5.32 Å². The normalized spacial score (nSPS) is 14.7. The van der Waals surface area contributed by atoms with Gasteiger partial charge in [-0.1, -0.05) is 35.9 Å². The van der Waals surface area contributed by atoms with Gasteiger partial charge in [0.1, 0.15) is 5.70 Å². The molecule has 1 aliphatic rings. The molecule has 0 radical (unpaired) electrons. The van der Waals surface area contributed by atoms with E-state index in [1.807, 2.05) is 50.2 Å². The number of nitrogens with one attached hydrogen (secondary N) is 1. The molecule has 1 aliphatic heterocycles. The number of halogens is 1. The van der Waals surface area contributed by atoms with E-state index in [0.717, 1.165) is 22.4 Å². The van der Waals surface area contributed by atoms with Gasteiger partial charge >= 0.3 is 0 Å². The Balaban J connectivity index is 1.58. The maximum absolute atomic E-state index is 13.0. The first-order valence-corrected chi connectivity index (χ1v) is 11.8. The predicted octanol–water partition coefficient (Wildman–Crippen LogP) is 5.36. The minimum absolute atomic E-state index is 0.144. The van der Waals surface area contributed by atoms with Crippen molar-refractivity contribution in [2.75, 3.05) is 4.90 Å². The van der Waals surface area contributed by atoms with Crippen LogP contribution in [0, 0.1) is 13.8 Å². The third-order valence-corrected chi connectivity index (χ3v) is 6.84. The maximum atomic E-state index is 13.0. The molecule has 2 aromatic carbocycles. The van der Waals surface area contributed by atoms with Crippen LogP contribution in [0.2, 0.25) is 5.02 Å². The number of carbonyl (C=O) groups excluding carboxylic acids is 2. The molecule has 2 heterocycles. The molecule has 1 aromatic heterocycles. The molecular formula is C24H21ClN4O2S2. The summed E-state index contributed by atoms with van der Waals surface area (Å²) in [6.45, 7) is 5.80. The molecule has 0 bridgehead atoms. The van der Waals surface area contributed by atoms with E-state index < -0.39 is 0 Å². The highest BCUT2D eigenvalue weighted by atomic mass is 35.5. The number of benzene rings is 2. The SMILES string of the molecule is CC(=O)N(c1ccc(C)c(C)c1)c1nc(/C=C2\NC(=S)N(Cc3ccccc3Cl)C2=O)cs1. The van der Waals surface area contributed by atoms with Crippen LogP contribution in [0.1, 0.15) is 29.3 Å². The highest BCUT2D eigenvalue weighted by molar-refractivity contribution is 7.80. The second kappa shape index (κ2) is 9.43. The number of aromatic nitrogens is 1. The lowest BCUT2D eigenvalue weighted by atomic mass is 10.1. The smallest absolute Gasteiger partial charge is 0.276 e. The monoisotopic (exact) mass is 496 g/mol. The first-order valence-electron chi connectivity index (χ1n) is 10.2. The highest BCUT2D eigenvalue weighted by Gasteiger charge is 2.31. The fourth-order valence-corrected chi connectivity index (χ4v) is 4.69. The summed E-state index contributed by atoms with van der Waals surface area (Å²) in [7, 11) is 0. The van der Waals surface area contributed by atoms with E-state index in [4.69, 9.17) is 23.8 Å². The number of hydrogen-bond donors (Lipinski definition) is 1. The molecule has 33 heavy (non-hydrogen) atoms. The zero-order chi connectivity index (χ0) is 23.7. The summed E-state index contributed by atoms with van der Waals surface area (Å²) < 4.78 is 0. The molecule has 0 atom stereocenters. The Morgan fingerprint density at radius 3 is 2.70 bits per heavy atom. The second-order valence-electron chi connectivity index (χ2n) is 7.65. The van der Waals surface area contributed by atoms with Gasteiger partial charge in [-0.15, -0.1) is 11.3 Å². The molecule has 2 amide bonds. The molecule has 1 saturated heterocycles. The molecule has 0 aliphatic carbocycles. The van der Waals surface area contributed by atoms with Crippen LogP contribution in [-0.4, -0.2) is 26.8 Å². The van der Waals surface area contributed by atoms with Gasteiger partial charge in [-0.05, 0) is 67.0 Å². The lowest BCUT2D eigenvalue weighted by molar-refractivity contribution is -0.122. The fourth-order valence-electron chi connectivity index (χ4n) is 3.40. The van der Waals surface area contributed by atoms with E-state index in [9.17, 15) is 9.59 Å². The van der Waals surface area contributed by atoms with Gasteiger partial charge in [0.2, 0.25) is 5.91 Å².